The zero-order chi connectivity index (χ0) is 17.9. The van der Waals surface area contributed by atoms with E-state index in [0.717, 1.165) is 10.1 Å². The summed E-state index contributed by atoms with van der Waals surface area (Å²) in [5, 5.41) is 19.4. The van der Waals surface area contributed by atoms with Crippen molar-refractivity contribution in [1.82, 2.24) is 4.57 Å². The lowest BCUT2D eigenvalue weighted by molar-refractivity contribution is 0.0916. The maximum absolute atomic E-state index is 12.5. The fraction of sp³-hybridized carbons (Fsp3) is 0.278. The molecule has 0 fully saturated rings. The average molecular weight is 326 g/mol. The normalized spacial score (nSPS) is 10.2. The highest BCUT2D eigenvalue weighted by Crippen LogP contribution is 2.23. The van der Waals surface area contributed by atoms with Gasteiger partial charge in [0.1, 0.15) is 17.4 Å². The monoisotopic (exact) mass is 326 g/mol. The van der Waals surface area contributed by atoms with E-state index in [2.05, 4.69) is 0 Å². The molecule has 6 nitrogen and oxygen atoms in total. The molecular formula is C18H18N2O4. The number of carbonyl (C=O) groups is 1. The lowest BCUT2D eigenvalue weighted by Gasteiger charge is -2.15. The minimum Gasteiger partial charge on any atom is -0.494 e. The third-order valence-electron chi connectivity index (χ3n) is 3.85. The number of pyridine rings is 1. The zero-order valence-electron chi connectivity index (χ0n) is 13.8. The molecule has 0 spiro atoms. The molecule has 2 rings (SSSR count). The molecule has 0 unspecified atom stereocenters. The number of aromatic nitrogens is 1. The van der Waals surface area contributed by atoms with E-state index in [4.69, 9.17) is 4.74 Å². The fourth-order valence-corrected chi connectivity index (χ4v) is 2.51. The number of para-hydroxylation sites is 1. The summed E-state index contributed by atoms with van der Waals surface area (Å²) in [6.07, 6.45) is 0. The van der Waals surface area contributed by atoms with Crippen LogP contribution in [-0.4, -0.2) is 22.1 Å². The van der Waals surface area contributed by atoms with Crippen molar-refractivity contribution in [3.63, 3.8) is 0 Å². The van der Waals surface area contributed by atoms with Gasteiger partial charge in [0.25, 0.3) is 5.56 Å². The Morgan fingerprint density at radius 1 is 1.33 bits per heavy atom. The number of aromatic hydroxyl groups is 1. The van der Waals surface area contributed by atoms with Gasteiger partial charge in [-0.15, -0.1) is 0 Å². The van der Waals surface area contributed by atoms with Gasteiger partial charge in [-0.25, -0.2) is 0 Å². The van der Waals surface area contributed by atoms with Crippen LogP contribution in [0.25, 0.3) is 0 Å². The molecule has 0 bridgehead atoms. The van der Waals surface area contributed by atoms with Crippen molar-refractivity contribution in [3.8, 4) is 17.7 Å². The molecular weight excluding hydrogens is 308 g/mol. The standard InChI is InChI=1S/C18H18N2O4/c1-4-20-17(22)13(9-19)12(3)16(18(20)23)14(21)10-24-15-8-6-5-7-11(15)2/h5-8,23H,4,10H2,1-3H3. The number of hydrogen-bond donors (Lipinski definition) is 1. The Balaban J connectivity index is 2.41. The molecule has 0 amide bonds. The number of hydrogen-bond acceptors (Lipinski definition) is 5. The van der Waals surface area contributed by atoms with Crippen LogP contribution >= 0.6 is 0 Å². The predicted molar refractivity (Wildman–Crippen MR) is 88.5 cm³/mol. The third kappa shape index (κ3) is 3.01. The molecule has 0 saturated carbocycles. The minimum atomic E-state index is -0.605. The second kappa shape index (κ2) is 7.01. The Bertz CT molecular complexity index is 891. The van der Waals surface area contributed by atoms with E-state index in [0.29, 0.717) is 5.75 Å². The van der Waals surface area contributed by atoms with Gasteiger partial charge in [-0.1, -0.05) is 18.2 Å². The molecule has 0 aliphatic heterocycles. The average Bonchev–Trinajstić information content (AvgIpc) is 2.55. The first kappa shape index (κ1) is 17.3. The summed E-state index contributed by atoms with van der Waals surface area (Å²) in [5.41, 5.74) is 0.243. The number of carbonyl (C=O) groups excluding carboxylic acids is 1. The van der Waals surface area contributed by atoms with Crippen molar-refractivity contribution >= 4 is 5.78 Å². The lowest BCUT2D eigenvalue weighted by Crippen LogP contribution is -2.27. The van der Waals surface area contributed by atoms with Gasteiger partial charge in [-0.05, 0) is 38.0 Å². The van der Waals surface area contributed by atoms with Crippen LogP contribution in [0.2, 0.25) is 0 Å². The van der Waals surface area contributed by atoms with Crippen LogP contribution in [0, 0.1) is 25.2 Å². The number of ketones is 1. The largest absolute Gasteiger partial charge is 0.494 e. The van der Waals surface area contributed by atoms with Crippen molar-refractivity contribution in [2.45, 2.75) is 27.3 Å². The third-order valence-corrected chi connectivity index (χ3v) is 3.85. The Morgan fingerprint density at radius 2 is 2.00 bits per heavy atom. The number of rotatable bonds is 5. The summed E-state index contributed by atoms with van der Waals surface area (Å²) in [6, 6.07) is 9.05. The van der Waals surface area contributed by atoms with Crippen molar-refractivity contribution in [3.05, 3.63) is 56.9 Å². The van der Waals surface area contributed by atoms with Crippen LogP contribution in [0.4, 0.5) is 0 Å². The zero-order valence-corrected chi connectivity index (χ0v) is 13.8. The van der Waals surface area contributed by atoms with Gasteiger partial charge in [0.2, 0.25) is 11.7 Å². The SMILES string of the molecule is CCn1c(O)c(C(=O)COc2ccccc2C)c(C)c(C#N)c1=O. The molecule has 124 valence electrons. The Labute approximate surface area is 139 Å². The Hall–Kier alpha value is -3.07. The molecule has 1 aromatic carbocycles. The van der Waals surface area contributed by atoms with E-state index in [9.17, 15) is 20.0 Å². The summed E-state index contributed by atoms with van der Waals surface area (Å²) < 4.78 is 6.52. The van der Waals surface area contributed by atoms with Crippen molar-refractivity contribution in [1.29, 1.82) is 5.26 Å². The summed E-state index contributed by atoms with van der Waals surface area (Å²) in [6.45, 7) is 4.83. The van der Waals surface area contributed by atoms with Crippen LogP contribution < -0.4 is 10.3 Å². The number of Topliss-reactive ketones (excluding diaryl/α,β-unsaturated/α-hetero) is 1. The van der Waals surface area contributed by atoms with E-state index in [1.807, 2.05) is 19.1 Å². The molecule has 0 aliphatic carbocycles. The fourth-order valence-electron chi connectivity index (χ4n) is 2.51. The van der Waals surface area contributed by atoms with Gasteiger partial charge in [0, 0.05) is 6.54 Å². The van der Waals surface area contributed by atoms with Gasteiger partial charge in [-0.3, -0.25) is 14.2 Å². The first-order valence-corrected chi connectivity index (χ1v) is 7.50. The van der Waals surface area contributed by atoms with Crippen LogP contribution in [0.5, 0.6) is 11.6 Å². The van der Waals surface area contributed by atoms with Gasteiger partial charge < -0.3 is 9.84 Å². The summed E-state index contributed by atoms with van der Waals surface area (Å²) in [7, 11) is 0. The molecule has 1 N–H and O–H groups in total. The number of nitriles is 1. The summed E-state index contributed by atoms with van der Waals surface area (Å²) in [4.78, 5) is 24.6. The minimum absolute atomic E-state index is 0.0541. The number of benzene rings is 1. The second-order valence-corrected chi connectivity index (χ2v) is 5.34. The van der Waals surface area contributed by atoms with E-state index < -0.39 is 17.2 Å². The van der Waals surface area contributed by atoms with Gasteiger partial charge in [0.15, 0.2) is 6.61 Å². The Kier molecular flexibility index (Phi) is 5.05. The van der Waals surface area contributed by atoms with E-state index >= 15 is 0 Å². The second-order valence-electron chi connectivity index (χ2n) is 5.34. The van der Waals surface area contributed by atoms with Crippen molar-refractivity contribution in [2.24, 2.45) is 0 Å². The quantitative estimate of drug-likeness (QED) is 0.851. The van der Waals surface area contributed by atoms with E-state index in [1.54, 1.807) is 25.1 Å². The van der Waals surface area contributed by atoms with E-state index in [-0.39, 0.29) is 29.8 Å². The van der Waals surface area contributed by atoms with Crippen LogP contribution in [0.3, 0.4) is 0 Å². The molecule has 1 heterocycles. The van der Waals surface area contributed by atoms with Crippen LogP contribution in [-0.2, 0) is 6.54 Å². The lowest BCUT2D eigenvalue weighted by atomic mass is 10.0. The molecule has 0 aliphatic rings. The van der Waals surface area contributed by atoms with Crippen LogP contribution in [0.1, 0.15) is 34.0 Å². The molecule has 1 aromatic heterocycles. The highest BCUT2D eigenvalue weighted by atomic mass is 16.5. The maximum atomic E-state index is 12.5. The van der Waals surface area contributed by atoms with Crippen molar-refractivity contribution < 1.29 is 14.6 Å². The highest BCUT2D eigenvalue weighted by molar-refractivity contribution is 6.01. The van der Waals surface area contributed by atoms with Gasteiger partial charge >= 0.3 is 0 Å². The molecule has 2 aromatic rings. The number of ether oxygens (including phenoxy) is 1. The number of aryl methyl sites for hydroxylation is 1. The summed E-state index contributed by atoms with van der Waals surface area (Å²) in [5.74, 6) is -0.364. The van der Waals surface area contributed by atoms with Gasteiger partial charge in [-0.2, -0.15) is 5.26 Å². The highest BCUT2D eigenvalue weighted by Gasteiger charge is 2.23. The van der Waals surface area contributed by atoms with Crippen LogP contribution in [0.15, 0.2) is 29.1 Å². The van der Waals surface area contributed by atoms with E-state index in [1.165, 1.54) is 6.92 Å². The molecule has 0 atom stereocenters. The molecule has 6 heteroatoms. The number of nitrogens with zero attached hydrogens (tertiary/aromatic N) is 2. The van der Waals surface area contributed by atoms with Crippen molar-refractivity contribution in [2.75, 3.05) is 6.61 Å². The first-order chi connectivity index (χ1) is 11.4. The maximum Gasteiger partial charge on any atom is 0.271 e. The molecule has 0 saturated heterocycles. The molecule has 0 radical (unpaired) electrons. The predicted octanol–water partition coefficient (Wildman–Crippen LogP) is 2.32. The smallest absolute Gasteiger partial charge is 0.271 e. The first-order valence-electron chi connectivity index (χ1n) is 7.50. The van der Waals surface area contributed by atoms with Gasteiger partial charge in [0.05, 0.1) is 5.56 Å². The summed E-state index contributed by atoms with van der Waals surface area (Å²) >= 11 is 0. The Morgan fingerprint density at radius 3 is 2.58 bits per heavy atom. The topological polar surface area (TPSA) is 92.3 Å². The molecule has 24 heavy (non-hydrogen) atoms.